The summed E-state index contributed by atoms with van der Waals surface area (Å²) in [5.74, 6) is 0.753. The van der Waals surface area contributed by atoms with Crippen LogP contribution in [0.5, 0.6) is 0 Å². The Morgan fingerprint density at radius 1 is 1.35 bits per heavy atom. The van der Waals surface area contributed by atoms with Crippen molar-refractivity contribution in [2.45, 2.75) is 20.0 Å². The van der Waals surface area contributed by atoms with Gasteiger partial charge in [-0.3, -0.25) is 0 Å². The van der Waals surface area contributed by atoms with E-state index in [0.29, 0.717) is 13.2 Å². The minimum atomic E-state index is 0.348. The molecule has 0 unspecified atom stereocenters. The molecule has 0 aliphatic rings. The molecule has 3 heteroatoms. The van der Waals surface area contributed by atoms with Gasteiger partial charge in [-0.15, -0.1) is 0 Å². The van der Waals surface area contributed by atoms with Gasteiger partial charge in [-0.05, 0) is 18.1 Å². The van der Waals surface area contributed by atoms with E-state index in [0.717, 1.165) is 24.2 Å². The first-order valence-corrected chi connectivity index (χ1v) is 5.79. The van der Waals surface area contributed by atoms with Crippen molar-refractivity contribution in [3.8, 4) is 0 Å². The second-order valence-corrected chi connectivity index (χ2v) is 3.77. The molecular weight excluding hydrogens is 214 g/mol. The minimum absolute atomic E-state index is 0.348. The number of likely N-dealkylation sites (N-methyl/N-ethyl adjacent to an activating group) is 1. The first-order valence-electron chi connectivity index (χ1n) is 5.79. The highest BCUT2D eigenvalue weighted by molar-refractivity contribution is 5.52. The highest BCUT2D eigenvalue weighted by Crippen LogP contribution is 2.09. The van der Waals surface area contributed by atoms with E-state index in [1.807, 2.05) is 50.4 Å². The molecule has 0 aliphatic heterocycles. The van der Waals surface area contributed by atoms with Gasteiger partial charge in [0.1, 0.15) is 12.9 Å². The second kappa shape index (κ2) is 7.49. The monoisotopic (exact) mass is 233 g/mol. The van der Waals surface area contributed by atoms with Crippen molar-refractivity contribution in [2.24, 2.45) is 0 Å². The Morgan fingerprint density at radius 2 is 2.06 bits per heavy atom. The van der Waals surface area contributed by atoms with E-state index in [2.05, 4.69) is 0 Å². The summed E-state index contributed by atoms with van der Waals surface area (Å²) in [6.45, 7) is 2.91. The van der Waals surface area contributed by atoms with Crippen LogP contribution >= 0.6 is 0 Å². The zero-order valence-corrected chi connectivity index (χ0v) is 10.4. The highest BCUT2D eigenvalue weighted by Gasteiger charge is 2.04. The molecule has 0 bridgehead atoms. The number of nitrogens with zero attached hydrogens (tertiary/aromatic N) is 1. The van der Waals surface area contributed by atoms with Gasteiger partial charge in [0.05, 0.1) is 6.54 Å². The van der Waals surface area contributed by atoms with Crippen LogP contribution in [0.4, 0.5) is 0 Å². The van der Waals surface area contributed by atoms with Crippen molar-refractivity contribution in [1.29, 1.82) is 0 Å². The summed E-state index contributed by atoms with van der Waals surface area (Å²) in [5.41, 5.74) is 1.12. The Bertz CT molecular complexity index is 360. The lowest BCUT2D eigenvalue weighted by Gasteiger charge is -2.20. The van der Waals surface area contributed by atoms with Gasteiger partial charge in [-0.25, -0.2) is 0 Å². The maximum Gasteiger partial charge on any atom is 0.185 e. The predicted molar refractivity (Wildman–Crippen MR) is 68.3 cm³/mol. The second-order valence-electron chi connectivity index (χ2n) is 3.77. The lowest BCUT2D eigenvalue weighted by atomic mass is 10.2. The van der Waals surface area contributed by atoms with Gasteiger partial charge in [-0.2, -0.15) is 0 Å². The van der Waals surface area contributed by atoms with Gasteiger partial charge in [0, 0.05) is 7.05 Å². The maximum atomic E-state index is 10.5. The third-order valence-electron chi connectivity index (χ3n) is 2.33. The summed E-state index contributed by atoms with van der Waals surface area (Å²) >= 11 is 0. The Morgan fingerprint density at radius 3 is 2.65 bits per heavy atom. The normalized spacial score (nSPS) is 11.1. The SMILES string of the molecule is CC/C=C(/OCc1ccccc1)N(C)CC=O. The molecule has 1 rings (SSSR count). The van der Waals surface area contributed by atoms with Crippen molar-refractivity contribution in [3.63, 3.8) is 0 Å². The molecule has 0 spiro atoms. The molecule has 0 amide bonds. The molecule has 0 aliphatic carbocycles. The first-order chi connectivity index (χ1) is 8.27. The number of allylic oxidation sites excluding steroid dienone is 1. The van der Waals surface area contributed by atoms with Crippen LogP contribution in [0.25, 0.3) is 0 Å². The summed E-state index contributed by atoms with van der Waals surface area (Å²) in [6.07, 6.45) is 3.73. The molecule has 0 radical (unpaired) electrons. The number of benzene rings is 1. The van der Waals surface area contributed by atoms with E-state index in [-0.39, 0.29) is 0 Å². The quantitative estimate of drug-likeness (QED) is 0.535. The number of hydrogen-bond donors (Lipinski definition) is 0. The zero-order valence-electron chi connectivity index (χ0n) is 10.4. The standard InChI is InChI=1S/C14H19NO2/c1-3-7-14(15(2)10-11-16)17-12-13-8-5-4-6-9-13/h4-9,11H,3,10,12H2,1-2H3/b14-7+. The van der Waals surface area contributed by atoms with Crippen LogP contribution in [0.2, 0.25) is 0 Å². The molecule has 92 valence electrons. The average Bonchev–Trinajstić information content (AvgIpc) is 2.36. The van der Waals surface area contributed by atoms with Gasteiger partial charge in [0.15, 0.2) is 5.88 Å². The van der Waals surface area contributed by atoms with Crippen LogP contribution in [0.15, 0.2) is 42.3 Å². The topological polar surface area (TPSA) is 29.5 Å². The van der Waals surface area contributed by atoms with Gasteiger partial charge >= 0.3 is 0 Å². The van der Waals surface area contributed by atoms with Gasteiger partial charge in [0.25, 0.3) is 0 Å². The van der Waals surface area contributed by atoms with Gasteiger partial charge in [-0.1, -0.05) is 37.3 Å². The van der Waals surface area contributed by atoms with Crippen LogP contribution in [0.3, 0.4) is 0 Å². The summed E-state index contributed by atoms with van der Waals surface area (Å²) in [5, 5.41) is 0. The fourth-order valence-electron chi connectivity index (χ4n) is 1.43. The number of carbonyl (C=O) groups is 1. The molecule has 0 N–H and O–H groups in total. The van der Waals surface area contributed by atoms with E-state index in [4.69, 9.17) is 4.74 Å². The van der Waals surface area contributed by atoms with Gasteiger partial charge in [0.2, 0.25) is 0 Å². The lowest BCUT2D eigenvalue weighted by Crippen LogP contribution is -2.21. The van der Waals surface area contributed by atoms with Crippen molar-refractivity contribution in [1.82, 2.24) is 4.90 Å². The number of ether oxygens (including phenoxy) is 1. The Labute approximate surface area is 103 Å². The lowest BCUT2D eigenvalue weighted by molar-refractivity contribution is -0.108. The van der Waals surface area contributed by atoms with Crippen molar-refractivity contribution < 1.29 is 9.53 Å². The van der Waals surface area contributed by atoms with Crippen LogP contribution in [0.1, 0.15) is 18.9 Å². The van der Waals surface area contributed by atoms with E-state index in [1.54, 1.807) is 4.90 Å². The van der Waals surface area contributed by atoms with E-state index < -0.39 is 0 Å². The number of aldehydes is 1. The molecule has 0 saturated carbocycles. The third-order valence-corrected chi connectivity index (χ3v) is 2.33. The highest BCUT2D eigenvalue weighted by atomic mass is 16.5. The summed E-state index contributed by atoms with van der Waals surface area (Å²) in [4.78, 5) is 12.3. The van der Waals surface area contributed by atoms with Crippen LogP contribution < -0.4 is 0 Å². The summed E-state index contributed by atoms with van der Waals surface area (Å²) in [7, 11) is 1.85. The molecule has 0 heterocycles. The molecule has 0 saturated heterocycles. The van der Waals surface area contributed by atoms with E-state index >= 15 is 0 Å². The summed E-state index contributed by atoms with van der Waals surface area (Å²) in [6, 6.07) is 9.98. The van der Waals surface area contributed by atoms with Crippen LogP contribution in [-0.2, 0) is 16.1 Å². The Hall–Kier alpha value is -1.77. The van der Waals surface area contributed by atoms with E-state index in [9.17, 15) is 4.79 Å². The Balaban J connectivity index is 2.56. The Kier molecular flexibility index (Phi) is 5.86. The van der Waals surface area contributed by atoms with Crippen LogP contribution in [0, 0.1) is 0 Å². The smallest absolute Gasteiger partial charge is 0.185 e. The summed E-state index contributed by atoms with van der Waals surface area (Å²) < 4.78 is 5.71. The first kappa shape index (κ1) is 13.3. The molecule has 0 fully saturated rings. The fourth-order valence-corrected chi connectivity index (χ4v) is 1.43. The van der Waals surface area contributed by atoms with Crippen LogP contribution in [-0.4, -0.2) is 24.8 Å². The molecular formula is C14H19NO2. The third kappa shape index (κ3) is 4.72. The molecule has 1 aromatic carbocycles. The number of carbonyl (C=O) groups excluding carboxylic acids is 1. The number of hydrogen-bond acceptors (Lipinski definition) is 3. The van der Waals surface area contributed by atoms with Crippen molar-refractivity contribution in [2.75, 3.05) is 13.6 Å². The zero-order chi connectivity index (χ0) is 12.5. The van der Waals surface area contributed by atoms with Gasteiger partial charge < -0.3 is 14.4 Å². The molecule has 0 aromatic heterocycles. The maximum absolute atomic E-state index is 10.5. The molecule has 0 atom stereocenters. The fraction of sp³-hybridized carbons (Fsp3) is 0.357. The minimum Gasteiger partial charge on any atom is -0.474 e. The predicted octanol–water partition coefficient (Wildman–Crippen LogP) is 2.59. The molecule has 17 heavy (non-hydrogen) atoms. The van der Waals surface area contributed by atoms with E-state index in [1.165, 1.54) is 0 Å². The largest absolute Gasteiger partial charge is 0.474 e. The molecule has 1 aromatic rings. The average molecular weight is 233 g/mol. The van der Waals surface area contributed by atoms with Crippen molar-refractivity contribution in [3.05, 3.63) is 47.9 Å². The van der Waals surface area contributed by atoms with Crippen molar-refractivity contribution >= 4 is 6.29 Å². The number of rotatable bonds is 7. The molecule has 3 nitrogen and oxygen atoms in total.